The molecular formula is C24H24N2O3. The number of nitrogens with one attached hydrogen (secondary N) is 1. The molecule has 29 heavy (non-hydrogen) atoms. The molecule has 3 aromatic carbocycles. The van der Waals surface area contributed by atoms with Crippen molar-refractivity contribution in [3.8, 4) is 5.75 Å². The molecule has 0 spiro atoms. The van der Waals surface area contributed by atoms with E-state index in [1.165, 1.54) is 0 Å². The van der Waals surface area contributed by atoms with E-state index < -0.39 is 0 Å². The standard InChI is InChI=1S/C24H24N2O3/c1-4-26(20-11-6-5-7-12-20)24(28)19-10-8-9-18(16-19)23(27)25-21-15-17(2)13-14-22(21)29-3/h5-16H,4H2,1-3H3,(H,25,27). The van der Waals surface area contributed by atoms with Crippen LogP contribution >= 0.6 is 0 Å². The fourth-order valence-electron chi connectivity index (χ4n) is 3.11. The van der Waals surface area contributed by atoms with E-state index in [0.717, 1.165) is 11.3 Å². The largest absolute Gasteiger partial charge is 0.495 e. The van der Waals surface area contributed by atoms with Crippen LogP contribution in [0.5, 0.6) is 5.75 Å². The van der Waals surface area contributed by atoms with Crippen LogP contribution in [0.4, 0.5) is 11.4 Å². The van der Waals surface area contributed by atoms with Crippen LogP contribution in [0.25, 0.3) is 0 Å². The SMILES string of the molecule is CCN(C(=O)c1cccc(C(=O)Nc2cc(C)ccc2OC)c1)c1ccccc1. The quantitative estimate of drug-likeness (QED) is 0.652. The lowest BCUT2D eigenvalue weighted by Crippen LogP contribution is -2.30. The highest BCUT2D eigenvalue weighted by Gasteiger charge is 2.18. The molecule has 1 N–H and O–H groups in total. The van der Waals surface area contributed by atoms with Crippen molar-refractivity contribution in [3.05, 3.63) is 89.5 Å². The number of benzene rings is 3. The zero-order valence-corrected chi connectivity index (χ0v) is 16.8. The maximum Gasteiger partial charge on any atom is 0.258 e. The van der Waals surface area contributed by atoms with Crippen LogP contribution in [-0.2, 0) is 0 Å². The second-order valence-electron chi connectivity index (χ2n) is 6.62. The number of carbonyl (C=O) groups is 2. The van der Waals surface area contributed by atoms with Crippen LogP contribution in [0.15, 0.2) is 72.8 Å². The number of nitrogens with zero attached hydrogens (tertiary/aromatic N) is 1. The van der Waals surface area contributed by atoms with Crippen molar-refractivity contribution in [1.29, 1.82) is 0 Å². The van der Waals surface area contributed by atoms with E-state index in [9.17, 15) is 9.59 Å². The van der Waals surface area contributed by atoms with Crippen molar-refractivity contribution in [2.24, 2.45) is 0 Å². The summed E-state index contributed by atoms with van der Waals surface area (Å²) < 4.78 is 5.32. The highest BCUT2D eigenvalue weighted by molar-refractivity contribution is 6.10. The number of amides is 2. The van der Waals surface area contributed by atoms with E-state index in [1.54, 1.807) is 36.3 Å². The number of ether oxygens (including phenoxy) is 1. The Balaban J connectivity index is 1.84. The molecule has 5 nitrogen and oxygen atoms in total. The van der Waals surface area contributed by atoms with Gasteiger partial charge in [-0.2, -0.15) is 0 Å². The van der Waals surface area contributed by atoms with Gasteiger partial charge >= 0.3 is 0 Å². The number of para-hydroxylation sites is 1. The fraction of sp³-hybridized carbons (Fsp3) is 0.167. The Hall–Kier alpha value is -3.60. The maximum absolute atomic E-state index is 13.0. The molecule has 0 aromatic heterocycles. The Morgan fingerprint density at radius 3 is 2.34 bits per heavy atom. The summed E-state index contributed by atoms with van der Waals surface area (Å²) in [5.41, 5.74) is 3.28. The normalized spacial score (nSPS) is 10.3. The topological polar surface area (TPSA) is 58.6 Å². The number of hydrogen-bond donors (Lipinski definition) is 1. The minimum absolute atomic E-state index is 0.151. The molecule has 0 bridgehead atoms. The molecule has 5 heteroatoms. The third kappa shape index (κ3) is 4.63. The van der Waals surface area contributed by atoms with Gasteiger partial charge in [-0.25, -0.2) is 0 Å². The first-order valence-corrected chi connectivity index (χ1v) is 9.46. The Bertz CT molecular complexity index is 1020. The molecule has 0 radical (unpaired) electrons. The summed E-state index contributed by atoms with van der Waals surface area (Å²) in [4.78, 5) is 27.5. The summed E-state index contributed by atoms with van der Waals surface area (Å²) in [6.45, 7) is 4.39. The van der Waals surface area contributed by atoms with Gasteiger partial charge in [0.2, 0.25) is 0 Å². The summed E-state index contributed by atoms with van der Waals surface area (Å²) in [5.74, 6) is 0.130. The van der Waals surface area contributed by atoms with Gasteiger partial charge in [0, 0.05) is 23.4 Å². The van der Waals surface area contributed by atoms with Crippen molar-refractivity contribution in [1.82, 2.24) is 0 Å². The van der Waals surface area contributed by atoms with Gasteiger partial charge in [-0.1, -0.05) is 30.3 Å². The van der Waals surface area contributed by atoms with Crippen LogP contribution in [0.2, 0.25) is 0 Å². The lowest BCUT2D eigenvalue weighted by molar-refractivity contribution is 0.0988. The van der Waals surface area contributed by atoms with Gasteiger partial charge in [0.1, 0.15) is 5.75 Å². The molecule has 0 aliphatic heterocycles. The summed E-state index contributed by atoms with van der Waals surface area (Å²) in [6.07, 6.45) is 0. The van der Waals surface area contributed by atoms with E-state index in [0.29, 0.717) is 29.1 Å². The Labute approximate surface area is 170 Å². The molecule has 0 saturated carbocycles. The van der Waals surface area contributed by atoms with Crippen LogP contribution < -0.4 is 15.0 Å². The molecule has 0 unspecified atom stereocenters. The second-order valence-corrected chi connectivity index (χ2v) is 6.62. The number of rotatable bonds is 6. The van der Waals surface area contributed by atoms with Gasteiger partial charge in [-0.3, -0.25) is 9.59 Å². The lowest BCUT2D eigenvalue weighted by Gasteiger charge is -2.21. The van der Waals surface area contributed by atoms with Crippen molar-refractivity contribution in [2.75, 3.05) is 23.9 Å². The molecule has 3 rings (SSSR count). The first kappa shape index (κ1) is 20.1. The molecule has 148 valence electrons. The van der Waals surface area contributed by atoms with Gasteiger partial charge in [-0.15, -0.1) is 0 Å². The number of carbonyl (C=O) groups excluding carboxylic acids is 2. The second kappa shape index (κ2) is 9.06. The molecule has 0 heterocycles. The molecule has 3 aromatic rings. The average molecular weight is 388 g/mol. The number of anilines is 2. The summed E-state index contributed by atoms with van der Waals surface area (Å²) in [5, 5.41) is 2.87. The first-order chi connectivity index (χ1) is 14.0. The molecule has 0 atom stereocenters. The molecule has 0 saturated heterocycles. The predicted octanol–water partition coefficient (Wildman–Crippen LogP) is 4.92. The van der Waals surface area contributed by atoms with Crippen molar-refractivity contribution < 1.29 is 14.3 Å². The van der Waals surface area contributed by atoms with Gasteiger partial charge in [0.15, 0.2) is 0 Å². The summed E-state index contributed by atoms with van der Waals surface area (Å²) in [6, 6.07) is 21.8. The number of hydrogen-bond acceptors (Lipinski definition) is 3. The first-order valence-electron chi connectivity index (χ1n) is 9.46. The van der Waals surface area contributed by atoms with E-state index in [-0.39, 0.29) is 11.8 Å². The lowest BCUT2D eigenvalue weighted by atomic mass is 10.1. The molecular weight excluding hydrogens is 364 g/mol. The third-order valence-corrected chi connectivity index (χ3v) is 4.60. The Kier molecular flexibility index (Phi) is 6.29. The van der Waals surface area contributed by atoms with Crippen LogP contribution in [0.3, 0.4) is 0 Å². The summed E-state index contributed by atoms with van der Waals surface area (Å²) in [7, 11) is 1.56. The highest BCUT2D eigenvalue weighted by atomic mass is 16.5. The van der Waals surface area contributed by atoms with E-state index >= 15 is 0 Å². The van der Waals surface area contributed by atoms with E-state index in [2.05, 4.69) is 5.32 Å². The van der Waals surface area contributed by atoms with Gasteiger partial charge < -0.3 is 15.0 Å². The molecule has 0 aliphatic rings. The monoisotopic (exact) mass is 388 g/mol. The Morgan fingerprint density at radius 1 is 0.931 bits per heavy atom. The van der Waals surface area contributed by atoms with Crippen molar-refractivity contribution in [2.45, 2.75) is 13.8 Å². The van der Waals surface area contributed by atoms with E-state index in [4.69, 9.17) is 4.74 Å². The van der Waals surface area contributed by atoms with Crippen LogP contribution in [-0.4, -0.2) is 25.5 Å². The highest BCUT2D eigenvalue weighted by Crippen LogP contribution is 2.26. The van der Waals surface area contributed by atoms with Crippen molar-refractivity contribution in [3.63, 3.8) is 0 Å². The Morgan fingerprint density at radius 2 is 1.66 bits per heavy atom. The minimum Gasteiger partial charge on any atom is -0.495 e. The molecule has 2 amide bonds. The maximum atomic E-state index is 13.0. The predicted molar refractivity (Wildman–Crippen MR) is 116 cm³/mol. The minimum atomic E-state index is -0.300. The molecule has 0 fully saturated rings. The third-order valence-electron chi connectivity index (χ3n) is 4.60. The zero-order chi connectivity index (χ0) is 20.8. The van der Waals surface area contributed by atoms with Gasteiger partial charge in [-0.05, 0) is 61.9 Å². The number of methoxy groups -OCH3 is 1. The van der Waals surface area contributed by atoms with Crippen molar-refractivity contribution >= 4 is 23.2 Å². The van der Waals surface area contributed by atoms with Crippen LogP contribution in [0, 0.1) is 6.92 Å². The van der Waals surface area contributed by atoms with Gasteiger partial charge in [0.05, 0.1) is 12.8 Å². The van der Waals surface area contributed by atoms with E-state index in [1.807, 2.05) is 62.4 Å². The average Bonchev–Trinajstić information content (AvgIpc) is 2.75. The van der Waals surface area contributed by atoms with Gasteiger partial charge in [0.25, 0.3) is 11.8 Å². The fourth-order valence-corrected chi connectivity index (χ4v) is 3.11. The zero-order valence-electron chi connectivity index (χ0n) is 16.8. The molecule has 0 aliphatic carbocycles. The smallest absolute Gasteiger partial charge is 0.258 e. The number of aryl methyl sites for hydroxylation is 1. The van der Waals surface area contributed by atoms with Crippen LogP contribution in [0.1, 0.15) is 33.2 Å². The summed E-state index contributed by atoms with van der Waals surface area (Å²) >= 11 is 0.